The van der Waals surface area contributed by atoms with Crippen molar-refractivity contribution < 1.29 is 9.18 Å². The normalized spacial score (nSPS) is 18.8. The largest absolute Gasteiger partial charge is 0.366 e. The third kappa shape index (κ3) is 3.17. The van der Waals surface area contributed by atoms with E-state index in [0.717, 1.165) is 19.3 Å². The van der Waals surface area contributed by atoms with E-state index in [0.29, 0.717) is 18.2 Å². The summed E-state index contributed by atoms with van der Waals surface area (Å²) in [6, 6.07) is 4.77. The molecule has 1 unspecified atom stereocenters. The van der Waals surface area contributed by atoms with Gasteiger partial charge < -0.3 is 11.1 Å². The minimum atomic E-state index is -0.606. The van der Waals surface area contributed by atoms with Gasteiger partial charge in [0, 0.05) is 23.7 Å². The van der Waals surface area contributed by atoms with Crippen molar-refractivity contribution in [3.8, 4) is 0 Å². The van der Waals surface area contributed by atoms with Crippen LogP contribution in [0, 0.1) is 5.82 Å². The summed E-state index contributed by atoms with van der Waals surface area (Å²) in [5.74, 6) is -0.990. The summed E-state index contributed by atoms with van der Waals surface area (Å²) in [5, 5.41) is 3.32. The number of halogens is 1. The monoisotopic (exact) mass is 248 g/mol. The number of hydrogen-bond donors (Lipinski definition) is 2. The number of rotatable bonds is 4. The summed E-state index contributed by atoms with van der Waals surface area (Å²) in [6.45, 7) is 0.476. The lowest BCUT2D eigenvalue weighted by molar-refractivity contribution is 0.1000. The molecule has 4 heteroatoms. The van der Waals surface area contributed by atoms with E-state index >= 15 is 0 Å². The third-order valence-corrected chi connectivity index (χ3v) is 3.19. The molecular formula is C14H17FN2O. The minimum Gasteiger partial charge on any atom is -0.366 e. The van der Waals surface area contributed by atoms with Gasteiger partial charge in [-0.3, -0.25) is 4.79 Å². The van der Waals surface area contributed by atoms with E-state index in [1.54, 1.807) is 12.1 Å². The number of nitrogens with two attached hydrogens (primary N) is 1. The Kier molecular flexibility index (Phi) is 4.10. The molecule has 18 heavy (non-hydrogen) atoms. The van der Waals surface area contributed by atoms with Crippen molar-refractivity contribution in [2.45, 2.75) is 31.8 Å². The fourth-order valence-corrected chi connectivity index (χ4v) is 2.08. The lowest BCUT2D eigenvalue weighted by atomic mass is 10.0. The Morgan fingerprint density at radius 2 is 2.28 bits per heavy atom. The molecule has 0 saturated carbocycles. The first kappa shape index (κ1) is 12.8. The Balaban J connectivity index is 1.97. The molecule has 96 valence electrons. The molecule has 0 aromatic heterocycles. The van der Waals surface area contributed by atoms with Crippen LogP contribution in [0.5, 0.6) is 0 Å². The Hall–Kier alpha value is -1.68. The smallest absolute Gasteiger partial charge is 0.248 e. The highest BCUT2D eigenvalue weighted by Gasteiger charge is 2.11. The maximum Gasteiger partial charge on any atom is 0.248 e. The Labute approximate surface area is 106 Å². The van der Waals surface area contributed by atoms with Gasteiger partial charge in [0.05, 0.1) is 0 Å². The summed E-state index contributed by atoms with van der Waals surface area (Å²) < 4.78 is 13.7. The zero-order valence-electron chi connectivity index (χ0n) is 10.2. The quantitative estimate of drug-likeness (QED) is 0.802. The van der Waals surface area contributed by atoms with Gasteiger partial charge in [-0.05, 0) is 31.4 Å². The van der Waals surface area contributed by atoms with Crippen molar-refractivity contribution in [1.82, 2.24) is 5.32 Å². The van der Waals surface area contributed by atoms with Crippen LogP contribution < -0.4 is 11.1 Å². The molecule has 1 aromatic rings. The van der Waals surface area contributed by atoms with Gasteiger partial charge in [-0.2, -0.15) is 0 Å². The second kappa shape index (κ2) is 5.78. The summed E-state index contributed by atoms with van der Waals surface area (Å²) in [5.41, 5.74) is 5.86. The standard InChI is InChI=1S/C14H17FN2O/c15-13-8-10(14(16)18)6-7-11(13)9-17-12-4-2-1-3-5-12/h1-2,6-8,12,17H,3-5,9H2,(H2,16,18). The molecule has 0 fully saturated rings. The average Bonchev–Trinajstić information content (AvgIpc) is 2.38. The molecule has 3 nitrogen and oxygen atoms in total. The van der Waals surface area contributed by atoms with Crippen LogP contribution >= 0.6 is 0 Å². The fraction of sp³-hybridized carbons (Fsp3) is 0.357. The predicted molar refractivity (Wildman–Crippen MR) is 68.5 cm³/mol. The number of benzene rings is 1. The van der Waals surface area contributed by atoms with E-state index in [4.69, 9.17) is 5.73 Å². The summed E-state index contributed by atoms with van der Waals surface area (Å²) in [7, 11) is 0. The Bertz CT molecular complexity index is 471. The molecule has 1 atom stereocenters. The zero-order chi connectivity index (χ0) is 13.0. The van der Waals surface area contributed by atoms with Gasteiger partial charge in [0.15, 0.2) is 0 Å². The number of carbonyl (C=O) groups is 1. The maximum absolute atomic E-state index is 13.7. The molecule has 3 N–H and O–H groups in total. The number of carbonyl (C=O) groups excluding carboxylic acids is 1. The molecule has 0 bridgehead atoms. The Morgan fingerprint density at radius 3 is 2.89 bits per heavy atom. The SMILES string of the molecule is NC(=O)c1ccc(CNC2CC=CCC2)c(F)c1. The van der Waals surface area contributed by atoms with Gasteiger partial charge in [0.1, 0.15) is 5.82 Å². The molecule has 0 saturated heterocycles. The van der Waals surface area contributed by atoms with Crippen LogP contribution in [0.4, 0.5) is 4.39 Å². The summed E-state index contributed by atoms with van der Waals surface area (Å²) in [6.07, 6.45) is 7.45. The highest BCUT2D eigenvalue weighted by Crippen LogP contribution is 2.14. The number of amides is 1. The van der Waals surface area contributed by atoms with Crippen molar-refractivity contribution in [3.63, 3.8) is 0 Å². The molecule has 1 aliphatic carbocycles. The Morgan fingerprint density at radius 1 is 1.44 bits per heavy atom. The second-order valence-electron chi connectivity index (χ2n) is 4.53. The average molecular weight is 248 g/mol. The van der Waals surface area contributed by atoms with Crippen LogP contribution in [-0.4, -0.2) is 11.9 Å². The number of primary amides is 1. The van der Waals surface area contributed by atoms with Gasteiger partial charge in [-0.15, -0.1) is 0 Å². The van der Waals surface area contributed by atoms with Gasteiger partial charge in [-0.1, -0.05) is 18.2 Å². The lowest BCUT2D eigenvalue weighted by Gasteiger charge is -2.19. The molecule has 2 rings (SSSR count). The van der Waals surface area contributed by atoms with Gasteiger partial charge in [-0.25, -0.2) is 4.39 Å². The van der Waals surface area contributed by atoms with E-state index in [1.807, 2.05) is 0 Å². The third-order valence-electron chi connectivity index (χ3n) is 3.19. The highest BCUT2D eigenvalue weighted by atomic mass is 19.1. The van der Waals surface area contributed by atoms with E-state index < -0.39 is 5.91 Å². The molecular weight excluding hydrogens is 231 g/mol. The van der Waals surface area contributed by atoms with E-state index in [1.165, 1.54) is 6.07 Å². The van der Waals surface area contributed by atoms with Crippen LogP contribution in [-0.2, 0) is 6.54 Å². The van der Waals surface area contributed by atoms with Crippen LogP contribution in [0.25, 0.3) is 0 Å². The first-order valence-corrected chi connectivity index (χ1v) is 6.13. The van der Waals surface area contributed by atoms with Gasteiger partial charge in [0.2, 0.25) is 5.91 Å². The van der Waals surface area contributed by atoms with Crippen molar-refractivity contribution in [2.24, 2.45) is 5.73 Å². The lowest BCUT2D eigenvalue weighted by Crippen LogP contribution is -2.29. The first-order chi connectivity index (χ1) is 8.66. The molecule has 1 aromatic carbocycles. The molecule has 0 spiro atoms. The topological polar surface area (TPSA) is 55.1 Å². The molecule has 0 radical (unpaired) electrons. The fourth-order valence-electron chi connectivity index (χ4n) is 2.08. The van der Waals surface area contributed by atoms with Gasteiger partial charge in [0.25, 0.3) is 0 Å². The van der Waals surface area contributed by atoms with Crippen LogP contribution in [0.3, 0.4) is 0 Å². The van der Waals surface area contributed by atoms with Crippen molar-refractivity contribution >= 4 is 5.91 Å². The van der Waals surface area contributed by atoms with E-state index in [-0.39, 0.29) is 11.4 Å². The number of hydrogen-bond acceptors (Lipinski definition) is 2. The molecule has 0 aliphatic heterocycles. The highest BCUT2D eigenvalue weighted by molar-refractivity contribution is 5.92. The van der Waals surface area contributed by atoms with Crippen LogP contribution in [0.1, 0.15) is 35.2 Å². The predicted octanol–water partition coefficient (Wildman–Crippen LogP) is 2.12. The minimum absolute atomic E-state index is 0.205. The molecule has 1 aliphatic rings. The van der Waals surface area contributed by atoms with Crippen LogP contribution in [0.2, 0.25) is 0 Å². The van der Waals surface area contributed by atoms with Crippen molar-refractivity contribution in [1.29, 1.82) is 0 Å². The second-order valence-corrected chi connectivity index (χ2v) is 4.53. The zero-order valence-corrected chi connectivity index (χ0v) is 10.2. The van der Waals surface area contributed by atoms with E-state index in [9.17, 15) is 9.18 Å². The van der Waals surface area contributed by atoms with Gasteiger partial charge >= 0.3 is 0 Å². The molecule has 0 heterocycles. The summed E-state index contributed by atoms with van der Waals surface area (Å²) in [4.78, 5) is 10.9. The molecule has 1 amide bonds. The van der Waals surface area contributed by atoms with Crippen LogP contribution in [0.15, 0.2) is 30.4 Å². The maximum atomic E-state index is 13.7. The van der Waals surface area contributed by atoms with Crippen molar-refractivity contribution in [3.05, 3.63) is 47.3 Å². The van der Waals surface area contributed by atoms with Crippen molar-refractivity contribution in [2.75, 3.05) is 0 Å². The van der Waals surface area contributed by atoms with E-state index in [2.05, 4.69) is 17.5 Å². The number of nitrogens with one attached hydrogen (secondary N) is 1. The first-order valence-electron chi connectivity index (χ1n) is 6.13. The number of allylic oxidation sites excluding steroid dienone is 1. The summed E-state index contributed by atoms with van der Waals surface area (Å²) >= 11 is 0.